The molecule has 1 amide bonds. The fraction of sp³-hybridized carbons (Fsp3) is 0.632. The maximum Gasteiger partial charge on any atom is 0.410 e. The molecule has 3 rings (SSSR count). The van der Waals surface area contributed by atoms with Crippen LogP contribution < -0.4 is 4.74 Å². The second-order valence-electron chi connectivity index (χ2n) is 8.02. The maximum absolute atomic E-state index is 12.9. The summed E-state index contributed by atoms with van der Waals surface area (Å²) in [5.74, 6) is -1.93. The number of ether oxygens (including phenoxy) is 2. The molecule has 0 spiro atoms. The second kappa shape index (κ2) is 6.46. The third-order valence-corrected chi connectivity index (χ3v) is 4.50. The van der Waals surface area contributed by atoms with E-state index in [0.29, 0.717) is 25.4 Å². The Morgan fingerprint density at radius 1 is 1.28 bits per heavy atom. The van der Waals surface area contributed by atoms with E-state index in [1.165, 1.54) is 5.56 Å². The van der Waals surface area contributed by atoms with Gasteiger partial charge < -0.3 is 14.4 Å². The molecule has 0 bridgehead atoms. The average Bonchev–Trinajstić information content (AvgIpc) is 2.48. The first-order valence-corrected chi connectivity index (χ1v) is 8.72. The van der Waals surface area contributed by atoms with Crippen LogP contribution in [0, 0.1) is 5.92 Å². The molecule has 4 nitrogen and oxygen atoms in total. The van der Waals surface area contributed by atoms with Crippen molar-refractivity contribution in [2.75, 3.05) is 13.2 Å². The Labute approximate surface area is 147 Å². The number of alkyl halides is 2. The lowest BCUT2D eigenvalue weighted by atomic mass is 9.82. The van der Waals surface area contributed by atoms with Crippen LogP contribution in [0.4, 0.5) is 13.6 Å². The van der Waals surface area contributed by atoms with Crippen LogP contribution >= 0.6 is 0 Å². The monoisotopic (exact) mass is 353 g/mol. The van der Waals surface area contributed by atoms with Crippen molar-refractivity contribution in [3.8, 4) is 5.75 Å². The van der Waals surface area contributed by atoms with Gasteiger partial charge in [0.1, 0.15) is 11.4 Å². The molecule has 1 heterocycles. The van der Waals surface area contributed by atoms with Gasteiger partial charge >= 0.3 is 6.09 Å². The first-order valence-electron chi connectivity index (χ1n) is 8.72. The Bertz CT molecular complexity index is 647. The molecule has 25 heavy (non-hydrogen) atoms. The van der Waals surface area contributed by atoms with Crippen molar-refractivity contribution in [1.82, 2.24) is 4.90 Å². The topological polar surface area (TPSA) is 38.8 Å². The van der Waals surface area contributed by atoms with Crippen LogP contribution in [0.15, 0.2) is 18.2 Å². The van der Waals surface area contributed by atoms with Gasteiger partial charge in [0.15, 0.2) is 0 Å². The third-order valence-electron chi connectivity index (χ3n) is 4.50. The summed E-state index contributed by atoms with van der Waals surface area (Å²) in [7, 11) is 0. The zero-order valence-corrected chi connectivity index (χ0v) is 15.0. The van der Waals surface area contributed by atoms with Gasteiger partial charge in [0.05, 0.1) is 6.61 Å². The van der Waals surface area contributed by atoms with E-state index in [-0.39, 0.29) is 24.9 Å². The molecule has 0 saturated heterocycles. The molecule has 0 unspecified atom stereocenters. The smallest absolute Gasteiger partial charge is 0.410 e. The quantitative estimate of drug-likeness (QED) is 0.808. The summed E-state index contributed by atoms with van der Waals surface area (Å²) in [5.41, 5.74) is 1.68. The number of fused-ring (bicyclic) bond motifs is 1. The number of rotatable bonds is 3. The van der Waals surface area contributed by atoms with Crippen molar-refractivity contribution < 1.29 is 23.0 Å². The number of halogens is 2. The van der Waals surface area contributed by atoms with E-state index in [4.69, 9.17) is 9.47 Å². The van der Waals surface area contributed by atoms with E-state index in [9.17, 15) is 13.6 Å². The van der Waals surface area contributed by atoms with Gasteiger partial charge in [0, 0.05) is 31.8 Å². The minimum absolute atomic E-state index is 0.0794. The molecule has 2 aliphatic rings. The van der Waals surface area contributed by atoms with Crippen LogP contribution in [-0.4, -0.2) is 35.7 Å². The van der Waals surface area contributed by atoms with Gasteiger partial charge in [-0.05, 0) is 50.5 Å². The lowest BCUT2D eigenvalue weighted by Gasteiger charge is -2.34. The molecule has 0 aromatic heterocycles. The van der Waals surface area contributed by atoms with E-state index in [2.05, 4.69) is 0 Å². The number of amides is 1. The molecular formula is C19H25F2NO3. The zero-order chi connectivity index (χ0) is 18.2. The summed E-state index contributed by atoms with van der Waals surface area (Å²) in [6.07, 6.45) is 0.263. The van der Waals surface area contributed by atoms with Crippen LogP contribution in [0.5, 0.6) is 5.75 Å². The Balaban J connectivity index is 1.58. The zero-order valence-electron chi connectivity index (χ0n) is 15.0. The van der Waals surface area contributed by atoms with Crippen molar-refractivity contribution >= 4 is 6.09 Å². The number of carbonyl (C=O) groups is 1. The molecule has 0 radical (unpaired) electrons. The van der Waals surface area contributed by atoms with Gasteiger partial charge in [-0.15, -0.1) is 0 Å². The largest absolute Gasteiger partial charge is 0.493 e. The number of hydrogen-bond donors (Lipinski definition) is 0. The fourth-order valence-electron chi connectivity index (χ4n) is 3.22. The molecule has 1 saturated carbocycles. The SMILES string of the molecule is CC(C)(C)OC(=O)N1CCc2ccc(OCC3CC(F)(F)C3)cc2C1. The van der Waals surface area contributed by atoms with Gasteiger partial charge in [0.2, 0.25) is 5.92 Å². The minimum Gasteiger partial charge on any atom is -0.493 e. The maximum atomic E-state index is 12.9. The molecule has 1 fully saturated rings. The summed E-state index contributed by atoms with van der Waals surface area (Å²) in [6, 6.07) is 5.77. The van der Waals surface area contributed by atoms with Gasteiger partial charge in [-0.25, -0.2) is 13.6 Å². The lowest BCUT2D eigenvalue weighted by molar-refractivity contribution is -0.119. The predicted octanol–water partition coefficient (Wildman–Crippen LogP) is 4.40. The van der Waals surface area contributed by atoms with E-state index in [0.717, 1.165) is 12.0 Å². The van der Waals surface area contributed by atoms with E-state index in [1.54, 1.807) is 4.90 Å². The molecule has 0 N–H and O–H groups in total. The molecule has 1 aliphatic carbocycles. The van der Waals surface area contributed by atoms with Crippen molar-refractivity contribution in [3.05, 3.63) is 29.3 Å². The highest BCUT2D eigenvalue weighted by atomic mass is 19.3. The molecule has 138 valence electrons. The number of nitrogens with zero attached hydrogens (tertiary/aromatic N) is 1. The van der Waals surface area contributed by atoms with Gasteiger partial charge in [0.25, 0.3) is 0 Å². The Morgan fingerprint density at radius 2 is 2.00 bits per heavy atom. The van der Waals surface area contributed by atoms with Gasteiger partial charge in [-0.3, -0.25) is 0 Å². The lowest BCUT2D eigenvalue weighted by Crippen LogP contribution is -2.40. The summed E-state index contributed by atoms with van der Waals surface area (Å²) in [4.78, 5) is 13.9. The predicted molar refractivity (Wildman–Crippen MR) is 90.0 cm³/mol. The van der Waals surface area contributed by atoms with Crippen LogP contribution in [-0.2, 0) is 17.7 Å². The summed E-state index contributed by atoms with van der Waals surface area (Å²) in [5, 5.41) is 0. The molecule has 6 heteroatoms. The van der Waals surface area contributed by atoms with E-state index < -0.39 is 11.5 Å². The standard InChI is InChI=1S/C19H25F2NO3/c1-18(2,3)25-17(23)22-7-6-14-4-5-16(8-15(14)11-22)24-12-13-9-19(20,21)10-13/h4-5,8,13H,6-7,9-12H2,1-3H3. The second-order valence-corrected chi connectivity index (χ2v) is 8.02. The highest BCUT2D eigenvalue weighted by molar-refractivity contribution is 5.68. The van der Waals surface area contributed by atoms with Crippen LogP contribution in [0.3, 0.4) is 0 Å². The molecule has 1 aliphatic heterocycles. The van der Waals surface area contributed by atoms with Crippen molar-refractivity contribution in [3.63, 3.8) is 0 Å². The number of carbonyl (C=O) groups excluding carboxylic acids is 1. The molecule has 1 aromatic carbocycles. The van der Waals surface area contributed by atoms with Crippen LogP contribution in [0.1, 0.15) is 44.7 Å². The Kier molecular flexibility index (Phi) is 4.64. The van der Waals surface area contributed by atoms with E-state index in [1.807, 2.05) is 39.0 Å². The first kappa shape index (κ1) is 18.0. The summed E-state index contributed by atoms with van der Waals surface area (Å²) in [6.45, 7) is 6.95. The van der Waals surface area contributed by atoms with Crippen LogP contribution in [0.25, 0.3) is 0 Å². The Hall–Kier alpha value is -1.85. The molecule has 0 atom stereocenters. The highest BCUT2D eigenvalue weighted by Gasteiger charge is 2.45. The Morgan fingerprint density at radius 3 is 2.64 bits per heavy atom. The third kappa shape index (κ3) is 4.61. The summed E-state index contributed by atoms with van der Waals surface area (Å²) >= 11 is 0. The van der Waals surface area contributed by atoms with Crippen molar-refractivity contribution in [1.29, 1.82) is 0 Å². The molecular weight excluding hydrogens is 328 g/mol. The fourth-order valence-corrected chi connectivity index (χ4v) is 3.22. The van der Waals surface area contributed by atoms with Crippen molar-refractivity contribution in [2.45, 2.75) is 58.1 Å². The minimum atomic E-state index is -2.52. The average molecular weight is 353 g/mol. The number of hydrogen-bond acceptors (Lipinski definition) is 3. The van der Waals surface area contributed by atoms with E-state index >= 15 is 0 Å². The highest BCUT2D eigenvalue weighted by Crippen LogP contribution is 2.42. The van der Waals surface area contributed by atoms with Gasteiger partial charge in [-0.1, -0.05) is 6.07 Å². The first-order chi connectivity index (χ1) is 11.6. The number of benzene rings is 1. The normalized spacial score (nSPS) is 19.8. The molecule has 1 aromatic rings. The summed E-state index contributed by atoms with van der Waals surface area (Å²) < 4.78 is 36.8. The van der Waals surface area contributed by atoms with Gasteiger partial charge in [-0.2, -0.15) is 0 Å². The van der Waals surface area contributed by atoms with Crippen LogP contribution in [0.2, 0.25) is 0 Å². The van der Waals surface area contributed by atoms with Crippen molar-refractivity contribution in [2.24, 2.45) is 5.92 Å².